The van der Waals surface area contributed by atoms with Crippen LogP contribution in [0.3, 0.4) is 0 Å². The lowest BCUT2D eigenvalue weighted by Gasteiger charge is -2.44. The van der Waals surface area contributed by atoms with Crippen LogP contribution >= 0.6 is 50.7 Å². The summed E-state index contributed by atoms with van der Waals surface area (Å²) in [7, 11) is 0. The molecule has 4 nitrogen and oxygen atoms in total. The molecule has 0 saturated carbocycles. The third-order valence-electron chi connectivity index (χ3n) is 6.41. The Morgan fingerprint density at radius 2 is 1.53 bits per heavy atom. The topological polar surface area (TPSA) is 41.9 Å². The summed E-state index contributed by atoms with van der Waals surface area (Å²) >= 11 is 22.2. The average molecular weight is 581 g/mol. The maximum Gasteiger partial charge on any atom is 0.322 e. The fourth-order valence-corrected chi connectivity index (χ4v) is 5.34. The maximum atomic E-state index is 13.1. The van der Waals surface area contributed by atoms with Crippen LogP contribution in [0.1, 0.15) is 37.5 Å². The molecule has 0 spiro atoms. The molecule has 0 fully saturated rings. The number of nitrogens with zero attached hydrogens (tertiary/aromatic N) is 2. The first kappa shape index (κ1) is 25.1. The molecule has 0 radical (unpaired) electrons. The Bertz CT molecular complexity index is 1260. The van der Waals surface area contributed by atoms with Crippen molar-refractivity contribution in [2.75, 3.05) is 6.61 Å². The molecule has 4 rings (SSSR count). The Hall–Kier alpha value is -2.05. The fraction of sp³-hybridized carbons (Fsp3) is 0.231. The van der Waals surface area contributed by atoms with E-state index in [2.05, 4.69) is 15.9 Å². The van der Waals surface area contributed by atoms with Crippen molar-refractivity contribution >= 4 is 61.9 Å². The fourth-order valence-electron chi connectivity index (χ4n) is 4.50. The minimum atomic E-state index is -0.990. The van der Waals surface area contributed by atoms with Gasteiger partial charge < -0.3 is 4.74 Å². The minimum absolute atomic E-state index is 0.422. The quantitative estimate of drug-likeness (QED) is 0.225. The number of hydrogen-bond acceptors (Lipinski definition) is 3. The lowest BCUT2D eigenvalue weighted by molar-refractivity contribution is 0.149. The van der Waals surface area contributed by atoms with Gasteiger partial charge in [-0.05, 0) is 86.0 Å². The highest BCUT2D eigenvalue weighted by Crippen LogP contribution is 2.54. The first-order valence-electron chi connectivity index (χ1n) is 10.7. The highest BCUT2D eigenvalue weighted by atomic mass is 79.9. The van der Waals surface area contributed by atoms with Crippen molar-refractivity contribution in [1.82, 2.24) is 4.90 Å². The highest BCUT2D eigenvalue weighted by Gasteiger charge is 2.59. The molecular weight excluding hydrogens is 559 g/mol. The second-order valence-corrected chi connectivity index (χ2v) is 10.4. The van der Waals surface area contributed by atoms with E-state index < -0.39 is 16.4 Å². The summed E-state index contributed by atoms with van der Waals surface area (Å²) in [6.45, 7) is 6.31. The molecule has 34 heavy (non-hydrogen) atoms. The molecule has 1 aliphatic rings. The van der Waals surface area contributed by atoms with Crippen molar-refractivity contribution < 1.29 is 9.53 Å². The Morgan fingerprint density at radius 3 is 2.06 bits per heavy atom. The zero-order valence-corrected chi connectivity index (χ0v) is 22.6. The largest absolute Gasteiger partial charge is 0.493 e. The Morgan fingerprint density at radius 1 is 0.971 bits per heavy atom. The zero-order chi connectivity index (χ0) is 24.7. The van der Waals surface area contributed by atoms with Gasteiger partial charge in [-0.2, -0.15) is 0 Å². The molecular formula is C26H22BrCl3N2O2. The predicted molar refractivity (Wildman–Crippen MR) is 143 cm³/mol. The molecule has 3 aromatic rings. The number of aliphatic imine (C=N–C) groups is 1. The van der Waals surface area contributed by atoms with E-state index in [1.54, 1.807) is 12.1 Å². The number of ether oxygens (including phenoxy) is 1. The number of amidine groups is 1. The summed E-state index contributed by atoms with van der Waals surface area (Å²) in [5.41, 5.74) is 0.467. The lowest BCUT2D eigenvalue weighted by Crippen LogP contribution is -2.53. The Labute approximate surface area is 222 Å². The molecule has 0 aromatic heterocycles. The number of hydrogen-bond donors (Lipinski definition) is 0. The van der Waals surface area contributed by atoms with Gasteiger partial charge in [-0.25, -0.2) is 0 Å². The van der Waals surface area contributed by atoms with Gasteiger partial charge in [-0.1, -0.05) is 63.4 Å². The van der Waals surface area contributed by atoms with E-state index in [-0.39, 0.29) is 0 Å². The lowest BCUT2D eigenvalue weighted by atomic mass is 9.71. The molecule has 1 aliphatic heterocycles. The number of amides is 1. The summed E-state index contributed by atoms with van der Waals surface area (Å²) in [5, 5.41) is 0.550. The monoisotopic (exact) mass is 578 g/mol. The first-order chi connectivity index (χ1) is 16.1. The molecule has 1 amide bonds. The van der Waals surface area contributed by atoms with Crippen LogP contribution in [0.25, 0.3) is 0 Å². The van der Waals surface area contributed by atoms with Gasteiger partial charge in [0.1, 0.15) is 22.7 Å². The van der Waals surface area contributed by atoms with Crippen molar-refractivity contribution in [1.29, 1.82) is 0 Å². The summed E-state index contributed by atoms with van der Waals surface area (Å²) < 4.78 is 6.76. The second kappa shape index (κ2) is 9.54. The van der Waals surface area contributed by atoms with E-state index in [1.165, 1.54) is 4.90 Å². The van der Waals surface area contributed by atoms with E-state index in [1.807, 2.05) is 75.4 Å². The van der Waals surface area contributed by atoms with Crippen LogP contribution in [0.2, 0.25) is 10.0 Å². The molecule has 0 aliphatic carbocycles. The van der Waals surface area contributed by atoms with Crippen LogP contribution in [-0.4, -0.2) is 22.7 Å². The number of halogens is 4. The van der Waals surface area contributed by atoms with E-state index in [9.17, 15) is 4.79 Å². The minimum Gasteiger partial charge on any atom is -0.493 e. The maximum absolute atomic E-state index is 13.1. The SMILES string of the molecule is CCOc1cc(Br)ccc1C1=N[C@@](C)(c2ccc(Cl)cc2)[C@@](C)(c2ccc(Cl)cc2)N1C(=O)Cl. The molecule has 0 N–H and O–H groups in total. The van der Waals surface area contributed by atoms with Gasteiger partial charge in [-0.15, -0.1) is 0 Å². The predicted octanol–water partition coefficient (Wildman–Crippen LogP) is 8.41. The Kier molecular flexibility index (Phi) is 7.03. The van der Waals surface area contributed by atoms with Gasteiger partial charge in [0.05, 0.1) is 12.2 Å². The van der Waals surface area contributed by atoms with Crippen LogP contribution in [-0.2, 0) is 11.1 Å². The van der Waals surface area contributed by atoms with Gasteiger partial charge in [0.2, 0.25) is 0 Å². The smallest absolute Gasteiger partial charge is 0.322 e. The standard InChI is InChI=1S/C26H22BrCl3N2O2/c1-4-34-22-15-18(27)9-14-21(22)23-31-25(2,16-5-10-19(28)11-6-16)26(3,32(23)24(30)33)17-7-12-20(29)13-8-17/h5-15H,4H2,1-3H3/t25-,26+/m0/s1. The molecule has 8 heteroatoms. The molecule has 0 saturated heterocycles. The summed E-state index contributed by atoms with van der Waals surface area (Å²) in [6.07, 6.45) is 0. The van der Waals surface area contributed by atoms with Gasteiger partial charge in [-0.3, -0.25) is 14.7 Å². The molecule has 3 aromatic carbocycles. The van der Waals surface area contributed by atoms with E-state index in [4.69, 9.17) is 44.5 Å². The van der Waals surface area contributed by atoms with Gasteiger partial charge in [0, 0.05) is 14.5 Å². The van der Waals surface area contributed by atoms with Crippen molar-refractivity contribution in [3.63, 3.8) is 0 Å². The van der Waals surface area contributed by atoms with Crippen molar-refractivity contribution in [3.8, 4) is 5.75 Å². The molecule has 0 unspecified atom stereocenters. The van der Waals surface area contributed by atoms with Gasteiger partial charge >= 0.3 is 5.37 Å². The third kappa shape index (κ3) is 4.13. The normalized spacial score (nSPS) is 22.0. The summed E-state index contributed by atoms with van der Waals surface area (Å²) in [6, 6.07) is 20.5. The van der Waals surface area contributed by atoms with Crippen LogP contribution in [0.5, 0.6) is 5.75 Å². The van der Waals surface area contributed by atoms with E-state index in [0.717, 1.165) is 15.6 Å². The number of carbonyl (C=O) groups is 1. The van der Waals surface area contributed by atoms with Crippen molar-refractivity contribution in [3.05, 3.63) is 97.9 Å². The van der Waals surface area contributed by atoms with Crippen LogP contribution < -0.4 is 4.74 Å². The highest BCUT2D eigenvalue weighted by molar-refractivity contribution is 9.10. The van der Waals surface area contributed by atoms with Crippen LogP contribution in [0.4, 0.5) is 4.79 Å². The van der Waals surface area contributed by atoms with E-state index in [0.29, 0.717) is 33.8 Å². The summed E-state index contributed by atoms with van der Waals surface area (Å²) in [4.78, 5) is 19.8. The summed E-state index contributed by atoms with van der Waals surface area (Å²) in [5.74, 6) is 1.02. The second-order valence-electron chi connectivity index (χ2n) is 8.26. The van der Waals surface area contributed by atoms with Crippen molar-refractivity contribution in [2.45, 2.75) is 31.8 Å². The molecule has 176 valence electrons. The van der Waals surface area contributed by atoms with Crippen LogP contribution in [0.15, 0.2) is 76.2 Å². The van der Waals surface area contributed by atoms with Gasteiger partial charge in [0.15, 0.2) is 0 Å². The molecule has 2 atom stereocenters. The number of benzene rings is 3. The molecule has 0 bridgehead atoms. The third-order valence-corrected chi connectivity index (χ3v) is 7.58. The zero-order valence-electron chi connectivity index (χ0n) is 18.8. The first-order valence-corrected chi connectivity index (χ1v) is 12.6. The van der Waals surface area contributed by atoms with E-state index >= 15 is 0 Å². The van der Waals surface area contributed by atoms with Crippen LogP contribution in [0, 0.1) is 0 Å². The number of carbonyl (C=O) groups excluding carboxylic acids is 1. The van der Waals surface area contributed by atoms with Gasteiger partial charge in [0.25, 0.3) is 0 Å². The average Bonchev–Trinajstić information content (AvgIpc) is 3.04. The molecule has 1 heterocycles. The number of rotatable bonds is 5. The Balaban J connectivity index is 2.04. The van der Waals surface area contributed by atoms with Crippen molar-refractivity contribution in [2.24, 2.45) is 4.99 Å².